The monoisotopic (exact) mass is 389 g/mol. The van der Waals surface area contributed by atoms with Crippen LogP contribution in [0, 0.1) is 0 Å². The second kappa shape index (κ2) is 8.31. The van der Waals surface area contributed by atoms with Gasteiger partial charge in [0.25, 0.3) is 5.91 Å². The topological polar surface area (TPSA) is 80.1 Å². The van der Waals surface area contributed by atoms with Crippen LogP contribution in [0.3, 0.4) is 0 Å². The lowest BCUT2D eigenvalue weighted by molar-refractivity contribution is 0.0947. The van der Waals surface area contributed by atoms with Crippen LogP contribution in [0.4, 0.5) is 5.82 Å². The number of hydrogen-bond donors (Lipinski definition) is 1. The number of unbranched alkanes of at least 4 members (excludes halogenated alkanes) is 1. The molecule has 0 saturated carbocycles. The first-order valence-corrected chi connectivity index (χ1v) is 10.0. The highest BCUT2D eigenvalue weighted by atomic mass is 32.2. The molecule has 0 spiro atoms. The lowest BCUT2D eigenvalue weighted by Gasteiger charge is -2.07. The molecule has 7 heteroatoms. The lowest BCUT2D eigenvalue weighted by Crippen LogP contribution is -2.25. The lowest BCUT2D eigenvalue weighted by atomic mass is 10.1. The number of pyridine rings is 1. The van der Waals surface area contributed by atoms with Crippen molar-refractivity contribution in [2.45, 2.75) is 29.7 Å². The Balaban J connectivity index is 1.78. The van der Waals surface area contributed by atoms with Gasteiger partial charge >= 0.3 is 0 Å². The Kier molecular flexibility index (Phi) is 5.43. The van der Waals surface area contributed by atoms with Gasteiger partial charge < -0.3 is 5.32 Å². The Morgan fingerprint density at radius 3 is 2.79 bits per heavy atom. The molecule has 4 rings (SSSR count). The fourth-order valence-electron chi connectivity index (χ4n) is 2.81. The molecule has 3 heterocycles. The van der Waals surface area contributed by atoms with Gasteiger partial charge in [0.1, 0.15) is 10.7 Å². The zero-order valence-corrected chi connectivity index (χ0v) is 16.2. The first-order chi connectivity index (χ1) is 13.8. The highest BCUT2D eigenvalue weighted by Gasteiger charge is 2.22. The molecule has 3 aromatic rings. The molecular formula is C21H19N5OS. The van der Waals surface area contributed by atoms with Crippen molar-refractivity contribution >= 4 is 29.2 Å². The first-order valence-electron chi connectivity index (χ1n) is 9.19. The van der Waals surface area contributed by atoms with Crippen molar-refractivity contribution in [1.82, 2.24) is 20.3 Å². The van der Waals surface area contributed by atoms with Crippen LogP contribution in [0.1, 0.15) is 41.5 Å². The molecule has 0 saturated heterocycles. The maximum atomic E-state index is 12.4. The highest BCUT2D eigenvalue weighted by Crippen LogP contribution is 2.38. The quantitative estimate of drug-likeness (QED) is 0.521. The van der Waals surface area contributed by atoms with Crippen LogP contribution in [-0.4, -0.2) is 33.1 Å². The van der Waals surface area contributed by atoms with Crippen LogP contribution in [0.2, 0.25) is 0 Å². The Bertz CT molecular complexity index is 1040. The van der Waals surface area contributed by atoms with E-state index in [0.717, 1.165) is 34.7 Å². The maximum absolute atomic E-state index is 12.4. The third-order valence-electron chi connectivity index (χ3n) is 4.24. The van der Waals surface area contributed by atoms with Crippen LogP contribution >= 0.6 is 11.8 Å². The molecule has 0 aliphatic carbocycles. The smallest absolute Gasteiger partial charge is 0.271 e. The van der Waals surface area contributed by atoms with E-state index in [1.165, 1.54) is 18.0 Å². The number of fused-ring (bicyclic) bond motifs is 2. The number of nitrogens with one attached hydrogen (secondary N) is 1. The van der Waals surface area contributed by atoms with Crippen LogP contribution in [0.15, 0.2) is 69.8 Å². The summed E-state index contributed by atoms with van der Waals surface area (Å²) < 4.78 is 0. The fourth-order valence-corrected chi connectivity index (χ4v) is 3.73. The van der Waals surface area contributed by atoms with Gasteiger partial charge in [-0.2, -0.15) is 0 Å². The van der Waals surface area contributed by atoms with E-state index in [2.05, 4.69) is 27.2 Å². The van der Waals surface area contributed by atoms with Crippen molar-refractivity contribution in [2.75, 3.05) is 6.54 Å². The zero-order valence-electron chi connectivity index (χ0n) is 15.4. The minimum Gasteiger partial charge on any atom is -0.351 e. The number of amides is 1. The van der Waals surface area contributed by atoms with Crippen molar-refractivity contribution in [3.8, 4) is 0 Å². The number of rotatable bonds is 5. The van der Waals surface area contributed by atoms with E-state index in [1.807, 2.05) is 42.5 Å². The molecule has 0 bridgehead atoms. The van der Waals surface area contributed by atoms with Crippen molar-refractivity contribution < 1.29 is 4.79 Å². The standard InChI is InChI=1S/C21H19N5OS/c1-2-3-11-23-20(27)16-13-24-21-19(25-16)26-18(15-9-6-7-12-22-15)14-8-4-5-10-17(14)28-21/h4-10,12-13H,2-3,11H2,1H3,(H,23,27). The first kappa shape index (κ1) is 18.3. The summed E-state index contributed by atoms with van der Waals surface area (Å²) in [7, 11) is 0. The molecule has 0 radical (unpaired) electrons. The van der Waals surface area contributed by atoms with Crippen molar-refractivity contribution in [1.29, 1.82) is 0 Å². The largest absolute Gasteiger partial charge is 0.351 e. The highest BCUT2D eigenvalue weighted by molar-refractivity contribution is 7.99. The molecule has 6 nitrogen and oxygen atoms in total. The van der Waals surface area contributed by atoms with Crippen molar-refractivity contribution in [3.63, 3.8) is 0 Å². The van der Waals surface area contributed by atoms with Crippen LogP contribution in [0.5, 0.6) is 0 Å². The van der Waals surface area contributed by atoms with Crippen molar-refractivity contribution in [3.05, 3.63) is 71.8 Å². The van der Waals surface area contributed by atoms with Gasteiger partial charge in [-0.25, -0.2) is 15.0 Å². The van der Waals surface area contributed by atoms with E-state index in [4.69, 9.17) is 4.99 Å². The minimum absolute atomic E-state index is 0.231. The summed E-state index contributed by atoms with van der Waals surface area (Å²) in [4.78, 5) is 31.6. The molecule has 1 aliphatic rings. The SMILES string of the molecule is CCCCNC(=O)c1cnc2c(n1)N=C(c1ccccn1)c1ccccc1S2. The van der Waals surface area contributed by atoms with E-state index in [1.54, 1.807) is 6.20 Å². The molecule has 1 aromatic carbocycles. The number of nitrogens with zero attached hydrogens (tertiary/aromatic N) is 4. The van der Waals surface area contributed by atoms with Gasteiger partial charge in [-0.1, -0.05) is 49.4 Å². The third kappa shape index (κ3) is 3.80. The molecule has 1 aliphatic heterocycles. The van der Waals surface area contributed by atoms with Gasteiger partial charge in [-0.3, -0.25) is 9.78 Å². The van der Waals surface area contributed by atoms with Gasteiger partial charge in [-0.05, 0) is 24.6 Å². The molecule has 140 valence electrons. The predicted molar refractivity (Wildman–Crippen MR) is 109 cm³/mol. The molecule has 0 fully saturated rings. The van der Waals surface area contributed by atoms with Crippen LogP contribution in [0.25, 0.3) is 0 Å². The Morgan fingerprint density at radius 2 is 1.96 bits per heavy atom. The number of carbonyl (C=O) groups is 1. The van der Waals surface area contributed by atoms with E-state index in [9.17, 15) is 4.79 Å². The van der Waals surface area contributed by atoms with Crippen LogP contribution < -0.4 is 5.32 Å². The van der Waals surface area contributed by atoms with E-state index < -0.39 is 0 Å². The molecule has 2 aromatic heterocycles. The van der Waals surface area contributed by atoms with Gasteiger partial charge in [0.05, 0.1) is 17.6 Å². The second-order valence-corrected chi connectivity index (χ2v) is 7.30. The molecule has 0 unspecified atom stereocenters. The summed E-state index contributed by atoms with van der Waals surface area (Å²) >= 11 is 1.50. The van der Waals surface area contributed by atoms with E-state index >= 15 is 0 Å². The van der Waals surface area contributed by atoms with Gasteiger partial charge in [-0.15, -0.1) is 0 Å². The normalized spacial score (nSPS) is 12.4. The van der Waals surface area contributed by atoms with E-state index in [0.29, 0.717) is 17.4 Å². The van der Waals surface area contributed by atoms with Crippen LogP contribution in [-0.2, 0) is 0 Å². The fraction of sp³-hybridized carbons (Fsp3) is 0.190. The predicted octanol–water partition coefficient (Wildman–Crippen LogP) is 4.04. The number of aromatic nitrogens is 3. The molecular weight excluding hydrogens is 370 g/mol. The van der Waals surface area contributed by atoms with Gasteiger partial charge in [0.15, 0.2) is 5.82 Å². The molecule has 1 N–H and O–H groups in total. The van der Waals surface area contributed by atoms with Gasteiger partial charge in [0.2, 0.25) is 0 Å². The minimum atomic E-state index is -0.231. The summed E-state index contributed by atoms with van der Waals surface area (Å²) in [6, 6.07) is 13.7. The number of benzene rings is 1. The second-order valence-electron chi connectivity index (χ2n) is 6.27. The van der Waals surface area contributed by atoms with Crippen molar-refractivity contribution in [2.24, 2.45) is 4.99 Å². The van der Waals surface area contributed by atoms with Gasteiger partial charge in [0, 0.05) is 23.2 Å². The number of hydrogen-bond acceptors (Lipinski definition) is 6. The average molecular weight is 389 g/mol. The Morgan fingerprint density at radius 1 is 1.11 bits per heavy atom. The third-order valence-corrected chi connectivity index (χ3v) is 5.30. The Labute approximate surface area is 167 Å². The average Bonchev–Trinajstić information content (AvgIpc) is 2.90. The summed E-state index contributed by atoms with van der Waals surface area (Å²) in [6.07, 6.45) is 5.19. The number of carbonyl (C=O) groups excluding carboxylic acids is 1. The maximum Gasteiger partial charge on any atom is 0.271 e. The summed E-state index contributed by atoms with van der Waals surface area (Å²) in [5.41, 5.74) is 2.72. The summed E-state index contributed by atoms with van der Waals surface area (Å²) in [5.74, 6) is 0.204. The molecule has 28 heavy (non-hydrogen) atoms. The zero-order chi connectivity index (χ0) is 19.3. The van der Waals surface area contributed by atoms with E-state index in [-0.39, 0.29) is 11.6 Å². The summed E-state index contributed by atoms with van der Waals surface area (Å²) in [6.45, 7) is 2.70. The summed E-state index contributed by atoms with van der Waals surface area (Å²) in [5, 5.41) is 3.54. The molecule has 1 amide bonds. The number of aliphatic imine (C=N–C) groups is 1. The molecule has 0 atom stereocenters. The Hall–Kier alpha value is -3.06.